The van der Waals surface area contributed by atoms with Crippen LogP contribution >= 0.6 is 15.9 Å². The highest BCUT2D eigenvalue weighted by molar-refractivity contribution is 9.10. The topological polar surface area (TPSA) is 68.4 Å². The number of halogens is 1. The maximum absolute atomic E-state index is 12.8. The van der Waals surface area contributed by atoms with Gasteiger partial charge < -0.3 is 9.72 Å². The van der Waals surface area contributed by atoms with E-state index in [1.165, 1.54) is 4.57 Å². The highest BCUT2D eigenvalue weighted by atomic mass is 79.9. The molecule has 7 heteroatoms. The molecular weight excluding hydrogens is 396 g/mol. The van der Waals surface area contributed by atoms with Crippen LogP contribution in [0.5, 0.6) is 0 Å². The van der Waals surface area contributed by atoms with Crippen LogP contribution in [-0.2, 0) is 17.9 Å². The van der Waals surface area contributed by atoms with E-state index in [1.807, 2.05) is 42.6 Å². The molecule has 1 aromatic carbocycles. The molecule has 0 aliphatic carbocycles. The van der Waals surface area contributed by atoms with Crippen LogP contribution in [0.4, 0.5) is 0 Å². The summed E-state index contributed by atoms with van der Waals surface area (Å²) in [6, 6.07) is 14.9. The first-order chi connectivity index (χ1) is 12.6. The summed E-state index contributed by atoms with van der Waals surface area (Å²) >= 11 is 3.41. The Labute approximate surface area is 157 Å². The lowest BCUT2D eigenvalue weighted by Gasteiger charge is -2.12. The summed E-state index contributed by atoms with van der Waals surface area (Å²) in [4.78, 5) is 29.5. The zero-order valence-corrected chi connectivity index (χ0v) is 15.3. The Bertz CT molecular complexity index is 1180. The Balaban J connectivity index is 1.64. The maximum atomic E-state index is 12.8. The number of fused-ring (bicyclic) bond motifs is 3. The molecule has 0 radical (unpaired) electrons. The molecule has 0 aliphatic rings. The van der Waals surface area contributed by atoms with Crippen LogP contribution in [0.2, 0.25) is 0 Å². The lowest BCUT2D eigenvalue weighted by Crippen LogP contribution is -2.33. The molecule has 0 atom stereocenters. The number of benzene rings is 1. The summed E-state index contributed by atoms with van der Waals surface area (Å²) in [5.74, 6) is -0.241. The highest BCUT2D eigenvalue weighted by Crippen LogP contribution is 2.13. The first-order valence-corrected chi connectivity index (χ1v) is 8.88. The van der Waals surface area contributed by atoms with Crippen molar-refractivity contribution >= 4 is 38.5 Å². The van der Waals surface area contributed by atoms with Gasteiger partial charge in [-0.25, -0.2) is 4.98 Å². The van der Waals surface area contributed by atoms with Gasteiger partial charge in [-0.1, -0.05) is 28.1 Å². The Morgan fingerprint density at radius 1 is 1.12 bits per heavy atom. The third-order valence-corrected chi connectivity index (χ3v) is 4.67. The van der Waals surface area contributed by atoms with Gasteiger partial charge in [0.2, 0.25) is 5.91 Å². The summed E-state index contributed by atoms with van der Waals surface area (Å²) < 4.78 is 4.16. The van der Waals surface area contributed by atoms with Crippen LogP contribution in [-0.4, -0.2) is 19.9 Å². The van der Waals surface area contributed by atoms with Crippen molar-refractivity contribution in [2.45, 2.75) is 13.1 Å². The van der Waals surface area contributed by atoms with Crippen molar-refractivity contribution in [1.82, 2.24) is 19.3 Å². The number of rotatable bonds is 4. The fourth-order valence-electron chi connectivity index (χ4n) is 2.98. The summed E-state index contributed by atoms with van der Waals surface area (Å²) in [7, 11) is 0. The van der Waals surface area contributed by atoms with Gasteiger partial charge in [0.1, 0.15) is 12.1 Å². The van der Waals surface area contributed by atoms with E-state index < -0.39 is 0 Å². The molecule has 4 aromatic rings. The van der Waals surface area contributed by atoms with E-state index in [2.05, 4.69) is 26.2 Å². The Hall–Kier alpha value is -2.93. The van der Waals surface area contributed by atoms with Crippen LogP contribution in [0.1, 0.15) is 5.56 Å². The number of carbonyl (C=O) groups is 1. The number of hydrogen-bond acceptors (Lipinski definition) is 3. The van der Waals surface area contributed by atoms with Gasteiger partial charge in [0.25, 0.3) is 5.56 Å². The molecule has 1 N–H and O–H groups in total. The van der Waals surface area contributed by atoms with Crippen LogP contribution in [0.15, 0.2) is 70.2 Å². The standard InChI is InChI=1S/C19H15BrN4O2/c20-14-5-1-4-13(10-14)11-22-17(25)12-24-18-15(6-2-8-21-18)23-9-3-7-16(23)19(24)26/h1-10H,11-12H2,(H,22,25). The van der Waals surface area contributed by atoms with Crippen molar-refractivity contribution in [3.05, 3.63) is 81.3 Å². The van der Waals surface area contributed by atoms with Crippen LogP contribution in [0, 0.1) is 0 Å². The second-order valence-electron chi connectivity index (χ2n) is 5.91. The molecule has 130 valence electrons. The van der Waals surface area contributed by atoms with E-state index in [4.69, 9.17) is 0 Å². The molecule has 6 nitrogen and oxygen atoms in total. The second kappa shape index (κ2) is 6.76. The molecule has 0 spiro atoms. The predicted octanol–water partition coefficient (Wildman–Crippen LogP) is 2.73. The van der Waals surface area contributed by atoms with E-state index in [0.717, 1.165) is 15.6 Å². The van der Waals surface area contributed by atoms with E-state index in [9.17, 15) is 9.59 Å². The molecule has 26 heavy (non-hydrogen) atoms. The predicted molar refractivity (Wildman–Crippen MR) is 103 cm³/mol. The van der Waals surface area contributed by atoms with Gasteiger partial charge in [-0.3, -0.25) is 14.2 Å². The first kappa shape index (κ1) is 16.5. The number of nitrogens with zero attached hydrogens (tertiary/aromatic N) is 3. The molecule has 0 unspecified atom stereocenters. The fraction of sp³-hybridized carbons (Fsp3) is 0.105. The SMILES string of the molecule is O=C(Cn1c(=O)c2cccn2c2cccnc21)NCc1cccc(Br)c1. The van der Waals surface area contributed by atoms with Crippen molar-refractivity contribution < 1.29 is 4.79 Å². The minimum absolute atomic E-state index is 0.0813. The number of aromatic nitrogens is 3. The number of nitrogens with one attached hydrogen (secondary N) is 1. The molecule has 3 aromatic heterocycles. The molecule has 1 amide bonds. The second-order valence-corrected chi connectivity index (χ2v) is 6.82. The molecule has 0 bridgehead atoms. The molecule has 0 aliphatic heterocycles. The van der Waals surface area contributed by atoms with E-state index in [-0.39, 0.29) is 18.0 Å². The molecule has 0 fully saturated rings. The molecular formula is C19H15BrN4O2. The van der Waals surface area contributed by atoms with Crippen LogP contribution in [0.25, 0.3) is 16.7 Å². The Morgan fingerprint density at radius 3 is 2.81 bits per heavy atom. The molecule has 0 saturated heterocycles. The van der Waals surface area contributed by atoms with Crippen LogP contribution < -0.4 is 10.9 Å². The number of carbonyl (C=O) groups excluding carboxylic acids is 1. The Morgan fingerprint density at radius 2 is 1.96 bits per heavy atom. The van der Waals surface area contributed by atoms with Crippen molar-refractivity contribution in [2.75, 3.05) is 0 Å². The van der Waals surface area contributed by atoms with Crippen molar-refractivity contribution in [1.29, 1.82) is 0 Å². The summed E-state index contributed by atoms with van der Waals surface area (Å²) in [5, 5.41) is 2.85. The van der Waals surface area contributed by atoms with E-state index in [0.29, 0.717) is 17.7 Å². The normalized spacial score (nSPS) is 11.1. The molecule has 3 heterocycles. The average Bonchev–Trinajstić information content (AvgIpc) is 3.14. The lowest BCUT2D eigenvalue weighted by atomic mass is 10.2. The quantitative estimate of drug-likeness (QED) is 0.562. The summed E-state index contributed by atoms with van der Waals surface area (Å²) in [5.41, 5.74) is 2.53. The van der Waals surface area contributed by atoms with Gasteiger partial charge in [0.05, 0.1) is 5.52 Å². The lowest BCUT2D eigenvalue weighted by molar-refractivity contribution is -0.121. The van der Waals surface area contributed by atoms with E-state index >= 15 is 0 Å². The largest absolute Gasteiger partial charge is 0.350 e. The summed E-state index contributed by atoms with van der Waals surface area (Å²) in [6.07, 6.45) is 3.44. The number of pyridine rings is 1. The van der Waals surface area contributed by atoms with Crippen molar-refractivity contribution in [2.24, 2.45) is 0 Å². The van der Waals surface area contributed by atoms with Gasteiger partial charge in [0, 0.05) is 23.4 Å². The Kier molecular flexibility index (Phi) is 4.30. The third-order valence-electron chi connectivity index (χ3n) is 4.17. The molecule has 0 saturated carbocycles. The van der Waals surface area contributed by atoms with Gasteiger partial charge in [-0.2, -0.15) is 0 Å². The highest BCUT2D eigenvalue weighted by Gasteiger charge is 2.13. The summed E-state index contributed by atoms with van der Waals surface area (Å²) in [6.45, 7) is 0.313. The number of amides is 1. The smallest absolute Gasteiger partial charge is 0.276 e. The minimum atomic E-state index is -0.241. The van der Waals surface area contributed by atoms with Crippen molar-refractivity contribution in [3.8, 4) is 0 Å². The van der Waals surface area contributed by atoms with Gasteiger partial charge in [-0.15, -0.1) is 0 Å². The number of hydrogen-bond donors (Lipinski definition) is 1. The van der Waals surface area contributed by atoms with Gasteiger partial charge in [-0.05, 0) is 42.0 Å². The average molecular weight is 411 g/mol. The van der Waals surface area contributed by atoms with Gasteiger partial charge >= 0.3 is 0 Å². The zero-order chi connectivity index (χ0) is 18.1. The van der Waals surface area contributed by atoms with Gasteiger partial charge in [0.15, 0.2) is 5.65 Å². The zero-order valence-electron chi connectivity index (χ0n) is 13.7. The van der Waals surface area contributed by atoms with Crippen molar-refractivity contribution in [3.63, 3.8) is 0 Å². The fourth-order valence-corrected chi connectivity index (χ4v) is 3.42. The van der Waals surface area contributed by atoms with E-state index in [1.54, 1.807) is 22.7 Å². The third kappa shape index (κ3) is 3.01. The monoisotopic (exact) mass is 410 g/mol. The van der Waals surface area contributed by atoms with Crippen LogP contribution in [0.3, 0.4) is 0 Å². The maximum Gasteiger partial charge on any atom is 0.276 e. The molecule has 4 rings (SSSR count). The first-order valence-electron chi connectivity index (χ1n) is 8.09. The minimum Gasteiger partial charge on any atom is -0.350 e.